The lowest BCUT2D eigenvalue weighted by molar-refractivity contribution is -0.129. The molecule has 0 unspecified atom stereocenters. The Morgan fingerprint density at radius 2 is 1.85 bits per heavy atom. The van der Waals surface area contributed by atoms with Gasteiger partial charge >= 0.3 is 5.97 Å². The van der Waals surface area contributed by atoms with Gasteiger partial charge in [0.2, 0.25) is 16.8 Å². The van der Waals surface area contributed by atoms with Gasteiger partial charge in [-0.15, -0.1) is 0 Å². The zero-order valence-corrected chi connectivity index (χ0v) is 19.1. The SMILES string of the molecule is C[C@H](OC(=O)c1ccc(F)c(S(=O)(=O)N2CCOCC2)c1)C(=O)NCc1ccc2c(c1)OCO2. The molecule has 182 valence electrons. The summed E-state index contributed by atoms with van der Waals surface area (Å²) >= 11 is 0. The molecule has 10 nitrogen and oxygen atoms in total. The number of ether oxygens (including phenoxy) is 4. The molecule has 12 heteroatoms. The van der Waals surface area contributed by atoms with Gasteiger partial charge in [-0.3, -0.25) is 4.79 Å². The molecule has 0 bridgehead atoms. The maximum absolute atomic E-state index is 14.3. The summed E-state index contributed by atoms with van der Waals surface area (Å²) in [7, 11) is -4.17. The minimum atomic E-state index is -4.17. The van der Waals surface area contributed by atoms with Crippen LogP contribution in [0.5, 0.6) is 11.5 Å². The Balaban J connectivity index is 1.38. The highest BCUT2D eigenvalue weighted by Crippen LogP contribution is 2.32. The molecule has 4 rings (SSSR count). The highest BCUT2D eigenvalue weighted by Gasteiger charge is 2.30. The standard InChI is InChI=1S/C22H23FN2O8S/c1-14(21(26)24-12-15-2-5-18-19(10-15)32-13-31-18)33-22(27)16-3-4-17(23)20(11-16)34(28,29)25-6-8-30-9-7-25/h2-5,10-11,14H,6-9,12-13H2,1H3,(H,24,26)/t14-/m0/s1. The highest BCUT2D eigenvalue weighted by atomic mass is 32.2. The predicted octanol–water partition coefficient (Wildman–Crippen LogP) is 1.44. The van der Waals surface area contributed by atoms with Crippen LogP contribution in [0.1, 0.15) is 22.8 Å². The van der Waals surface area contributed by atoms with Gasteiger partial charge in [0.15, 0.2) is 17.6 Å². The third-order valence-electron chi connectivity index (χ3n) is 5.31. The van der Waals surface area contributed by atoms with Crippen molar-refractivity contribution in [3.05, 3.63) is 53.3 Å². The van der Waals surface area contributed by atoms with E-state index in [4.69, 9.17) is 18.9 Å². The second-order valence-electron chi connectivity index (χ2n) is 7.61. The predicted molar refractivity (Wildman–Crippen MR) is 115 cm³/mol. The molecule has 0 saturated carbocycles. The summed E-state index contributed by atoms with van der Waals surface area (Å²) in [4.78, 5) is 24.3. The number of nitrogens with one attached hydrogen (secondary N) is 1. The molecule has 0 aliphatic carbocycles. The lowest BCUT2D eigenvalue weighted by Gasteiger charge is -2.26. The van der Waals surface area contributed by atoms with Crippen LogP contribution in [0, 0.1) is 5.82 Å². The number of rotatable bonds is 7. The van der Waals surface area contributed by atoms with Gasteiger partial charge in [0, 0.05) is 19.6 Å². The molecule has 0 radical (unpaired) electrons. The first kappa shape index (κ1) is 23.9. The smallest absolute Gasteiger partial charge is 0.338 e. The summed E-state index contributed by atoms with van der Waals surface area (Å²) in [5, 5.41) is 2.65. The van der Waals surface area contributed by atoms with Crippen LogP contribution < -0.4 is 14.8 Å². The number of benzene rings is 2. The Morgan fingerprint density at radius 1 is 1.12 bits per heavy atom. The van der Waals surface area contributed by atoms with Crippen LogP contribution in [0.2, 0.25) is 0 Å². The minimum absolute atomic E-state index is 0.0804. The van der Waals surface area contributed by atoms with E-state index in [2.05, 4.69) is 5.32 Å². The Kier molecular flexibility index (Phi) is 7.00. The van der Waals surface area contributed by atoms with Crippen LogP contribution >= 0.6 is 0 Å². The van der Waals surface area contributed by atoms with Crippen LogP contribution in [0.3, 0.4) is 0 Å². The summed E-state index contributed by atoms with van der Waals surface area (Å²) in [6.45, 7) is 2.23. The van der Waals surface area contributed by atoms with Crippen molar-refractivity contribution >= 4 is 21.9 Å². The Hall–Kier alpha value is -3.22. The van der Waals surface area contributed by atoms with E-state index in [9.17, 15) is 22.4 Å². The van der Waals surface area contributed by atoms with Crippen molar-refractivity contribution in [3.8, 4) is 11.5 Å². The molecular formula is C22H23FN2O8S. The molecule has 0 spiro atoms. The van der Waals surface area contributed by atoms with Crippen LogP contribution in [-0.4, -0.2) is 63.8 Å². The molecule has 34 heavy (non-hydrogen) atoms. The number of morpholine rings is 1. The lowest BCUT2D eigenvalue weighted by atomic mass is 10.2. The molecule has 1 amide bonds. The molecular weight excluding hydrogens is 471 g/mol. The normalized spacial score (nSPS) is 16.6. The van der Waals surface area contributed by atoms with E-state index in [1.807, 2.05) is 0 Å². The quantitative estimate of drug-likeness (QED) is 0.574. The number of amides is 1. The topological polar surface area (TPSA) is 120 Å². The molecule has 1 saturated heterocycles. The van der Waals surface area contributed by atoms with Gasteiger partial charge in [-0.1, -0.05) is 6.07 Å². The average molecular weight is 494 g/mol. The second kappa shape index (κ2) is 9.95. The monoisotopic (exact) mass is 494 g/mol. The minimum Gasteiger partial charge on any atom is -0.454 e. The fourth-order valence-electron chi connectivity index (χ4n) is 3.42. The zero-order valence-electron chi connectivity index (χ0n) is 18.3. The third-order valence-corrected chi connectivity index (χ3v) is 7.23. The van der Waals surface area contributed by atoms with Crippen molar-refractivity contribution in [1.82, 2.24) is 9.62 Å². The largest absolute Gasteiger partial charge is 0.454 e. The molecule has 2 aliphatic rings. The molecule has 2 aromatic rings. The summed E-state index contributed by atoms with van der Waals surface area (Å²) in [5.74, 6) is -1.31. The fourth-order valence-corrected chi connectivity index (χ4v) is 4.92. The highest BCUT2D eigenvalue weighted by molar-refractivity contribution is 7.89. The van der Waals surface area contributed by atoms with E-state index in [1.54, 1.807) is 18.2 Å². The van der Waals surface area contributed by atoms with E-state index in [0.717, 1.165) is 28.1 Å². The fraction of sp³-hybridized carbons (Fsp3) is 0.364. The van der Waals surface area contributed by atoms with Crippen molar-refractivity contribution in [2.24, 2.45) is 0 Å². The molecule has 1 fully saturated rings. The maximum atomic E-state index is 14.3. The summed E-state index contributed by atoms with van der Waals surface area (Å²) < 4.78 is 61.9. The molecule has 1 atom stereocenters. The van der Waals surface area contributed by atoms with Crippen molar-refractivity contribution < 1.29 is 41.3 Å². The third kappa shape index (κ3) is 5.13. The lowest BCUT2D eigenvalue weighted by Crippen LogP contribution is -2.41. The van der Waals surface area contributed by atoms with Crippen LogP contribution in [0.4, 0.5) is 4.39 Å². The van der Waals surface area contributed by atoms with E-state index < -0.39 is 38.7 Å². The number of nitrogens with zero attached hydrogens (tertiary/aromatic N) is 1. The average Bonchev–Trinajstić information content (AvgIpc) is 3.31. The van der Waals surface area contributed by atoms with E-state index in [-0.39, 0.29) is 45.2 Å². The van der Waals surface area contributed by atoms with Gasteiger partial charge in [0.1, 0.15) is 10.7 Å². The van der Waals surface area contributed by atoms with Gasteiger partial charge in [-0.2, -0.15) is 4.31 Å². The Labute approximate surface area is 195 Å². The number of carbonyl (C=O) groups excluding carboxylic acids is 2. The summed E-state index contributed by atoms with van der Waals surface area (Å²) in [6.07, 6.45) is -1.18. The molecule has 2 heterocycles. The van der Waals surface area contributed by atoms with E-state index in [1.165, 1.54) is 6.92 Å². The Morgan fingerprint density at radius 3 is 2.62 bits per heavy atom. The van der Waals surface area contributed by atoms with Gasteiger partial charge < -0.3 is 24.3 Å². The molecule has 0 aromatic heterocycles. The number of hydrogen-bond donors (Lipinski definition) is 1. The molecule has 1 N–H and O–H groups in total. The van der Waals surface area contributed by atoms with Gasteiger partial charge in [0.05, 0.1) is 18.8 Å². The Bertz CT molecular complexity index is 1200. The first-order chi connectivity index (χ1) is 16.3. The van der Waals surface area contributed by atoms with Crippen LogP contribution in [0.15, 0.2) is 41.3 Å². The maximum Gasteiger partial charge on any atom is 0.338 e. The van der Waals surface area contributed by atoms with Crippen molar-refractivity contribution in [2.45, 2.75) is 24.5 Å². The number of esters is 1. The first-order valence-electron chi connectivity index (χ1n) is 10.5. The van der Waals surface area contributed by atoms with Crippen molar-refractivity contribution in [1.29, 1.82) is 0 Å². The summed E-state index contributed by atoms with van der Waals surface area (Å²) in [5.41, 5.74) is 0.566. The number of fused-ring (bicyclic) bond motifs is 1. The number of hydrogen-bond acceptors (Lipinski definition) is 8. The van der Waals surface area contributed by atoms with Crippen LogP contribution in [-0.2, 0) is 30.8 Å². The van der Waals surface area contributed by atoms with Gasteiger partial charge in [-0.25, -0.2) is 17.6 Å². The van der Waals surface area contributed by atoms with Crippen molar-refractivity contribution in [3.63, 3.8) is 0 Å². The van der Waals surface area contributed by atoms with Gasteiger partial charge in [0.25, 0.3) is 5.91 Å². The first-order valence-corrected chi connectivity index (χ1v) is 11.9. The van der Waals surface area contributed by atoms with Crippen molar-refractivity contribution in [2.75, 3.05) is 33.1 Å². The second-order valence-corrected chi connectivity index (χ2v) is 9.52. The van der Waals surface area contributed by atoms with E-state index in [0.29, 0.717) is 11.5 Å². The van der Waals surface area contributed by atoms with E-state index >= 15 is 0 Å². The summed E-state index contributed by atoms with van der Waals surface area (Å²) in [6, 6.07) is 8.12. The molecule has 2 aromatic carbocycles. The number of sulfonamides is 1. The molecule has 2 aliphatic heterocycles. The zero-order chi connectivity index (χ0) is 24.3. The number of halogens is 1. The van der Waals surface area contributed by atoms with Gasteiger partial charge in [-0.05, 0) is 42.8 Å². The van der Waals surface area contributed by atoms with Crippen LogP contribution in [0.25, 0.3) is 0 Å². The number of carbonyl (C=O) groups is 2.